The van der Waals surface area contributed by atoms with Crippen molar-refractivity contribution in [2.24, 2.45) is 0 Å². The van der Waals surface area contributed by atoms with Gasteiger partial charge < -0.3 is 5.32 Å². The molecule has 0 aliphatic rings. The third-order valence-corrected chi connectivity index (χ3v) is 4.04. The van der Waals surface area contributed by atoms with Crippen LogP contribution in [0.25, 0.3) is 11.1 Å². The van der Waals surface area contributed by atoms with Gasteiger partial charge in [0.1, 0.15) is 0 Å². The lowest BCUT2D eigenvalue weighted by Crippen LogP contribution is -2.28. The summed E-state index contributed by atoms with van der Waals surface area (Å²) in [5.74, 6) is 0. The molecule has 112 valence electrons. The molecule has 1 unspecified atom stereocenters. The highest BCUT2D eigenvalue weighted by molar-refractivity contribution is 6.35. The highest BCUT2D eigenvalue weighted by Crippen LogP contribution is 2.30. The Morgan fingerprint density at radius 1 is 1.05 bits per heavy atom. The Bertz CT molecular complexity index is 578. The molecule has 21 heavy (non-hydrogen) atoms. The van der Waals surface area contributed by atoms with E-state index in [1.165, 1.54) is 5.56 Å². The fourth-order valence-corrected chi connectivity index (χ4v) is 2.75. The summed E-state index contributed by atoms with van der Waals surface area (Å²) in [7, 11) is 0. The first kappa shape index (κ1) is 16.4. The molecule has 0 heterocycles. The van der Waals surface area contributed by atoms with Gasteiger partial charge in [0.05, 0.1) is 0 Å². The lowest BCUT2D eigenvalue weighted by Gasteiger charge is -2.13. The van der Waals surface area contributed by atoms with E-state index in [1.54, 1.807) is 0 Å². The van der Waals surface area contributed by atoms with Crippen molar-refractivity contribution in [3.63, 3.8) is 0 Å². The molecule has 0 bridgehead atoms. The van der Waals surface area contributed by atoms with Crippen LogP contribution in [0.15, 0.2) is 42.5 Å². The molecule has 2 aromatic rings. The van der Waals surface area contributed by atoms with Crippen molar-refractivity contribution < 1.29 is 0 Å². The third-order valence-electron chi connectivity index (χ3n) is 3.48. The van der Waals surface area contributed by atoms with Crippen LogP contribution in [0.4, 0.5) is 0 Å². The molecule has 0 saturated heterocycles. The van der Waals surface area contributed by atoms with Crippen molar-refractivity contribution in [1.82, 2.24) is 5.32 Å². The van der Waals surface area contributed by atoms with Crippen LogP contribution in [-0.2, 0) is 6.42 Å². The minimum atomic E-state index is 0.491. The Morgan fingerprint density at radius 3 is 2.43 bits per heavy atom. The van der Waals surface area contributed by atoms with Gasteiger partial charge in [-0.3, -0.25) is 0 Å². The standard InChI is InChI=1S/C18H21Cl2N/c1-3-10-21-13(2)11-14-4-6-15(7-5-14)17-12-16(19)8-9-18(17)20/h4-9,12-13,21H,3,10-11H2,1-2H3. The minimum Gasteiger partial charge on any atom is -0.314 e. The molecule has 3 heteroatoms. The van der Waals surface area contributed by atoms with Crippen molar-refractivity contribution in [3.05, 3.63) is 58.1 Å². The van der Waals surface area contributed by atoms with Crippen LogP contribution in [0, 0.1) is 0 Å². The van der Waals surface area contributed by atoms with Gasteiger partial charge in [0.15, 0.2) is 0 Å². The van der Waals surface area contributed by atoms with Gasteiger partial charge in [0.2, 0.25) is 0 Å². The summed E-state index contributed by atoms with van der Waals surface area (Å²) in [4.78, 5) is 0. The van der Waals surface area contributed by atoms with Crippen molar-refractivity contribution in [2.45, 2.75) is 32.7 Å². The molecular weight excluding hydrogens is 301 g/mol. The number of hydrogen-bond acceptors (Lipinski definition) is 1. The zero-order valence-electron chi connectivity index (χ0n) is 12.5. The van der Waals surface area contributed by atoms with Gasteiger partial charge in [-0.1, -0.05) is 54.4 Å². The molecule has 0 radical (unpaired) electrons. The summed E-state index contributed by atoms with van der Waals surface area (Å²) in [6.07, 6.45) is 2.19. The molecule has 1 N–H and O–H groups in total. The van der Waals surface area contributed by atoms with Crippen molar-refractivity contribution in [1.29, 1.82) is 0 Å². The van der Waals surface area contributed by atoms with Gasteiger partial charge >= 0.3 is 0 Å². The highest BCUT2D eigenvalue weighted by Gasteiger charge is 2.06. The molecule has 0 aromatic heterocycles. The SMILES string of the molecule is CCCNC(C)Cc1ccc(-c2cc(Cl)ccc2Cl)cc1. The van der Waals surface area contributed by atoms with Crippen LogP contribution in [0.3, 0.4) is 0 Å². The quantitative estimate of drug-likeness (QED) is 0.731. The zero-order valence-corrected chi connectivity index (χ0v) is 14.0. The van der Waals surface area contributed by atoms with Gasteiger partial charge in [0, 0.05) is 21.7 Å². The number of rotatable bonds is 6. The van der Waals surface area contributed by atoms with Crippen LogP contribution in [0.2, 0.25) is 10.0 Å². The van der Waals surface area contributed by atoms with E-state index in [4.69, 9.17) is 23.2 Å². The van der Waals surface area contributed by atoms with E-state index in [-0.39, 0.29) is 0 Å². The van der Waals surface area contributed by atoms with Crippen LogP contribution in [-0.4, -0.2) is 12.6 Å². The second kappa shape index (κ2) is 7.84. The molecule has 0 amide bonds. The normalized spacial score (nSPS) is 12.4. The lowest BCUT2D eigenvalue weighted by molar-refractivity contribution is 0.543. The van der Waals surface area contributed by atoms with Crippen molar-refractivity contribution >= 4 is 23.2 Å². The Balaban J connectivity index is 2.10. The number of nitrogens with one attached hydrogen (secondary N) is 1. The summed E-state index contributed by atoms with van der Waals surface area (Å²) in [6, 6.07) is 14.6. The van der Waals surface area contributed by atoms with Gasteiger partial charge in [-0.25, -0.2) is 0 Å². The smallest absolute Gasteiger partial charge is 0.0485 e. The topological polar surface area (TPSA) is 12.0 Å². The van der Waals surface area contributed by atoms with E-state index < -0.39 is 0 Å². The van der Waals surface area contributed by atoms with E-state index in [0.29, 0.717) is 11.1 Å². The summed E-state index contributed by atoms with van der Waals surface area (Å²) >= 11 is 12.3. The molecule has 0 fully saturated rings. The minimum absolute atomic E-state index is 0.491. The Kier molecular flexibility index (Phi) is 6.10. The molecule has 2 aromatic carbocycles. The molecule has 0 spiro atoms. The maximum absolute atomic E-state index is 6.24. The fourth-order valence-electron chi connectivity index (χ4n) is 2.36. The van der Waals surface area contributed by atoms with Gasteiger partial charge in [-0.2, -0.15) is 0 Å². The average Bonchev–Trinajstić information content (AvgIpc) is 2.48. The van der Waals surface area contributed by atoms with E-state index in [1.807, 2.05) is 18.2 Å². The number of benzene rings is 2. The molecule has 0 aliphatic carbocycles. The summed E-state index contributed by atoms with van der Waals surface area (Å²) in [5, 5.41) is 4.94. The lowest BCUT2D eigenvalue weighted by atomic mass is 10.0. The molecular formula is C18H21Cl2N. The van der Waals surface area contributed by atoms with Crippen molar-refractivity contribution in [3.8, 4) is 11.1 Å². The Morgan fingerprint density at radius 2 is 1.76 bits per heavy atom. The predicted octanol–water partition coefficient (Wildman–Crippen LogP) is 5.59. The van der Waals surface area contributed by atoms with E-state index >= 15 is 0 Å². The first-order chi connectivity index (χ1) is 10.1. The van der Waals surface area contributed by atoms with Gasteiger partial charge in [-0.05, 0) is 55.6 Å². The zero-order chi connectivity index (χ0) is 15.2. The summed E-state index contributed by atoms with van der Waals surface area (Å²) < 4.78 is 0. The van der Waals surface area contributed by atoms with Gasteiger partial charge in [-0.15, -0.1) is 0 Å². The first-order valence-electron chi connectivity index (χ1n) is 7.38. The summed E-state index contributed by atoms with van der Waals surface area (Å²) in [5.41, 5.74) is 3.40. The van der Waals surface area contributed by atoms with Crippen molar-refractivity contribution in [2.75, 3.05) is 6.54 Å². The Hall–Kier alpha value is -1.02. The van der Waals surface area contributed by atoms with Crippen LogP contribution >= 0.6 is 23.2 Å². The second-order valence-electron chi connectivity index (χ2n) is 5.38. The number of halogens is 2. The third kappa shape index (κ3) is 4.74. The summed E-state index contributed by atoms with van der Waals surface area (Å²) in [6.45, 7) is 5.47. The predicted molar refractivity (Wildman–Crippen MR) is 93.4 cm³/mol. The highest BCUT2D eigenvalue weighted by atomic mass is 35.5. The molecule has 1 nitrogen and oxygen atoms in total. The van der Waals surface area contributed by atoms with E-state index in [2.05, 4.69) is 43.4 Å². The average molecular weight is 322 g/mol. The maximum atomic E-state index is 6.24. The Labute approximate surface area is 137 Å². The fraction of sp³-hybridized carbons (Fsp3) is 0.333. The largest absolute Gasteiger partial charge is 0.314 e. The molecule has 0 saturated carbocycles. The first-order valence-corrected chi connectivity index (χ1v) is 8.13. The molecule has 0 aliphatic heterocycles. The van der Waals surface area contributed by atoms with E-state index in [9.17, 15) is 0 Å². The van der Waals surface area contributed by atoms with Gasteiger partial charge in [0.25, 0.3) is 0 Å². The second-order valence-corrected chi connectivity index (χ2v) is 6.22. The van der Waals surface area contributed by atoms with E-state index in [0.717, 1.165) is 35.5 Å². The van der Waals surface area contributed by atoms with Crippen LogP contribution in [0.1, 0.15) is 25.8 Å². The number of hydrogen-bond donors (Lipinski definition) is 1. The molecule has 2 rings (SSSR count). The van der Waals surface area contributed by atoms with Crippen LogP contribution in [0.5, 0.6) is 0 Å². The van der Waals surface area contributed by atoms with Crippen LogP contribution < -0.4 is 5.32 Å². The maximum Gasteiger partial charge on any atom is 0.0485 e. The monoisotopic (exact) mass is 321 g/mol. The molecule has 1 atom stereocenters.